The molecule has 0 unspecified atom stereocenters. The molecule has 0 saturated carbocycles. The summed E-state index contributed by atoms with van der Waals surface area (Å²) in [7, 11) is 0. The highest BCUT2D eigenvalue weighted by Gasteiger charge is 2.18. The summed E-state index contributed by atoms with van der Waals surface area (Å²) < 4.78 is 9.67. The van der Waals surface area contributed by atoms with Gasteiger partial charge >= 0.3 is 0 Å². The standard InChI is InChI=1S/C28H14BrNO/c29-17-8-9-26-23(14-17)22-11-15-10-21-20-6-3-5-19-18-4-1-2-7-24(18)30(28(19)20)25(21)12-16(15)13-27(22)31-26/h1-14H. The highest BCUT2D eigenvalue weighted by Crippen LogP contribution is 2.41. The van der Waals surface area contributed by atoms with Crippen LogP contribution in [-0.4, -0.2) is 4.40 Å². The lowest BCUT2D eigenvalue weighted by Gasteiger charge is -2.02. The molecule has 0 aliphatic carbocycles. The van der Waals surface area contributed by atoms with E-state index in [1.807, 2.05) is 12.1 Å². The summed E-state index contributed by atoms with van der Waals surface area (Å²) in [5.74, 6) is 0. The zero-order valence-electron chi connectivity index (χ0n) is 16.3. The first-order chi connectivity index (χ1) is 15.3. The predicted molar refractivity (Wildman–Crippen MR) is 134 cm³/mol. The fourth-order valence-corrected chi connectivity index (χ4v) is 5.78. The van der Waals surface area contributed by atoms with E-state index in [1.54, 1.807) is 0 Å². The highest BCUT2D eigenvalue weighted by molar-refractivity contribution is 9.10. The van der Waals surface area contributed by atoms with Crippen LogP contribution < -0.4 is 0 Å². The smallest absolute Gasteiger partial charge is 0.136 e. The van der Waals surface area contributed by atoms with Gasteiger partial charge in [-0.15, -0.1) is 0 Å². The Morgan fingerprint density at radius 3 is 2.23 bits per heavy atom. The molecule has 3 heterocycles. The summed E-state index contributed by atoms with van der Waals surface area (Å²) in [6.45, 7) is 0. The fourth-order valence-electron chi connectivity index (χ4n) is 5.42. The normalized spacial score (nSPS) is 12.7. The van der Waals surface area contributed by atoms with Crippen LogP contribution in [0, 0.1) is 0 Å². The molecule has 5 aromatic carbocycles. The number of hydrogen-bond donors (Lipinski definition) is 0. The van der Waals surface area contributed by atoms with Crippen molar-refractivity contribution in [1.29, 1.82) is 0 Å². The second-order valence-corrected chi connectivity index (χ2v) is 9.28. The van der Waals surface area contributed by atoms with Gasteiger partial charge in [-0.25, -0.2) is 0 Å². The van der Waals surface area contributed by atoms with Gasteiger partial charge in [-0.2, -0.15) is 0 Å². The maximum atomic E-state index is 6.18. The average molecular weight is 460 g/mol. The van der Waals surface area contributed by atoms with Gasteiger partial charge in [0.15, 0.2) is 0 Å². The number of halogens is 1. The first-order valence-corrected chi connectivity index (χ1v) is 11.2. The Bertz CT molecular complexity index is 2010. The molecule has 0 saturated heterocycles. The van der Waals surface area contributed by atoms with E-state index in [4.69, 9.17) is 4.42 Å². The van der Waals surface area contributed by atoms with E-state index >= 15 is 0 Å². The molecule has 0 bridgehead atoms. The molecule has 8 rings (SSSR count). The SMILES string of the molecule is Brc1ccc2oc3cc4cc5c(cc4cc3c2c1)c1cccc2c3ccccc3n5c21. The van der Waals surface area contributed by atoms with E-state index in [0.29, 0.717) is 0 Å². The van der Waals surface area contributed by atoms with Gasteiger partial charge in [-0.3, -0.25) is 0 Å². The molecule has 3 aromatic heterocycles. The van der Waals surface area contributed by atoms with E-state index in [1.165, 1.54) is 48.9 Å². The maximum absolute atomic E-state index is 6.18. The van der Waals surface area contributed by atoms with Crippen molar-refractivity contribution in [3.8, 4) is 0 Å². The van der Waals surface area contributed by atoms with Crippen molar-refractivity contribution >= 4 is 86.7 Å². The van der Waals surface area contributed by atoms with Gasteiger partial charge in [-0.1, -0.05) is 52.3 Å². The maximum Gasteiger partial charge on any atom is 0.136 e. The summed E-state index contributed by atoms with van der Waals surface area (Å²) in [5, 5.41) is 9.97. The van der Waals surface area contributed by atoms with Crippen LogP contribution in [0.1, 0.15) is 0 Å². The molecule has 144 valence electrons. The van der Waals surface area contributed by atoms with Crippen molar-refractivity contribution in [2.24, 2.45) is 0 Å². The topological polar surface area (TPSA) is 17.6 Å². The van der Waals surface area contributed by atoms with Gasteiger partial charge in [0.25, 0.3) is 0 Å². The van der Waals surface area contributed by atoms with Gasteiger partial charge in [-0.05, 0) is 59.3 Å². The average Bonchev–Trinajstić information content (AvgIpc) is 3.42. The van der Waals surface area contributed by atoms with Crippen LogP contribution in [0.3, 0.4) is 0 Å². The minimum atomic E-state index is 0.921. The van der Waals surface area contributed by atoms with Gasteiger partial charge < -0.3 is 8.82 Å². The lowest BCUT2D eigenvalue weighted by Crippen LogP contribution is -1.81. The third kappa shape index (κ3) is 1.93. The largest absolute Gasteiger partial charge is 0.456 e. The second kappa shape index (κ2) is 5.37. The molecular formula is C28H14BrNO. The Balaban J connectivity index is 1.60. The highest BCUT2D eigenvalue weighted by atomic mass is 79.9. The first kappa shape index (κ1) is 16.2. The van der Waals surface area contributed by atoms with Crippen molar-refractivity contribution in [3.05, 3.63) is 89.4 Å². The van der Waals surface area contributed by atoms with Crippen molar-refractivity contribution in [2.45, 2.75) is 0 Å². The molecule has 0 atom stereocenters. The first-order valence-electron chi connectivity index (χ1n) is 10.4. The zero-order chi connectivity index (χ0) is 20.3. The number of nitrogens with zero attached hydrogens (tertiary/aromatic N) is 1. The lowest BCUT2D eigenvalue weighted by molar-refractivity contribution is 0.669. The predicted octanol–water partition coefficient (Wildman–Crippen LogP) is 8.65. The molecule has 0 spiro atoms. The molecular weight excluding hydrogens is 446 g/mol. The minimum absolute atomic E-state index is 0.921. The number of aromatic nitrogens is 1. The van der Waals surface area contributed by atoms with Gasteiger partial charge in [0.2, 0.25) is 0 Å². The van der Waals surface area contributed by atoms with Crippen LogP contribution in [0.15, 0.2) is 93.8 Å². The summed E-state index contributed by atoms with van der Waals surface area (Å²) in [4.78, 5) is 0. The van der Waals surface area contributed by atoms with Crippen LogP contribution in [0.5, 0.6) is 0 Å². The number of para-hydroxylation sites is 2. The second-order valence-electron chi connectivity index (χ2n) is 8.36. The van der Waals surface area contributed by atoms with Gasteiger partial charge in [0.05, 0.1) is 16.6 Å². The number of rotatable bonds is 0. The Hall–Kier alpha value is -3.56. The number of furan rings is 1. The van der Waals surface area contributed by atoms with E-state index in [-0.39, 0.29) is 0 Å². The van der Waals surface area contributed by atoms with Crippen molar-refractivity contribution in [2.75, 3.05) is 0 Å². The van der Waals surface area contributed by atoms with Crippen LogP contribution in [0.2, 0.25) is 0 Å². The number of hydrogen-bond acceptors (Lipinski definition) is 1. The van der Waals surface area contributed by atoms with Crippen LogP contribution in [0.4, 0.5) is 0 Å². The van der Waals surface area contributed by atoms with Crippen LogP contribution >= 0.6 is 15.9 Å². The molecule has 0 aliphatic heterocycles. The van der Waals surface area contributed by atoms with Crippen LogP contribution in [-0.2, 0) is 0 Å². The Labute approximate surface area is 184 Å². The number of fused-ring (bicyclic) bond motifs is 10. The Kier molecular flexibility index (Phi) is 2.80. The summed E-state index contributed by atoms with van der Waals surface area (Å²) >= 11 is 3.60. The summed E-state index contributed by atoms with van der Waals surface area (Å²) in [5.41, 5.74) is 5.67. The molecule has 0 aliphatic rings. The Morgan fingerprint density at radius 1 is 0.548 bits per heavy atom. The monoisotopic (exact) mass is 459 g/mol. The molecule has 31 heavy (non-hydrogen) atoms. The van der Waals surface area contributed by atoms with E-state index in [0.717, 1.165) is 26.4 Å². The third-order valence-electron chi connectivity index (χ3n) is 6.73. The van der Waals surface area contributed by atoms with E-state index in [2.05, 4.69) is 93.1 Å². The Morgan fingerprint density at radius 2 is 1.29 bits per heavy atom. The van der Waals surface area contributed by atoms with Gasteiger partial charge in [0.1, 0.15) is 11.2 Å². The molecule has 0 fully saturated rings. The van der Waals surface area contributed by atoms with Crippen molar-refractivity contribution in [3.63, 3.8) is 0 Å². The zero-order valence-corrected chi connectivity index (χ0v) is 17.9. The lowest BCUT2D eigenvalue weighted by atomic mass is 10.0. The summed E-state index contributed by atoms with van der Waals surface area (Å²) in [6.07, 6.45) is 0. The minimum Gasteiger partial charge on any atom is -0.456 e. The van der Waals surface area contributed by atoms with E-state index < -0.39 is 0 Å². The molecule has 2 nitrogen and oxygen atoms in total. The molecule has 0 amide bonds. The van der Waals surface area contributed by atoms with E-state index in [9.17, 15) is 0 Å². The molecule has 3 heteroatoms. The molecule has 0 radical (unpaired) electrons. The van der Waals surface area contributed by atoms with Crippen LogP contribution in [0.25, 0.3) is 70.8 Å². The molecule has 0 N–H and O–H groups in total. The third-order valence-corrected chi connectivity index (χ3v) is 7.22. The van der Waals surface area contributed by atoms with Crippen molar-refractivity contribution in [1.82, 2.24) is 4.40 Å². The van der Waals surface area contributed by atoms with Gasteiger partial charge in [0, 0.05) is 36.8 Å². The quantitative estimate of drug-likeness (QED) is 0.221. The fraction of sp³-hybridized carbons (Fsp3) is 0. The number of benzene rings is 5. The van der Waals surface area contributed by atoms with Crippen molar-refractivity contribution < 1.29 is 4.42 Å². The molecule has 8 aromatic rings. The summed E-state index contributed by atoms with van der Waals surface area (Å²) in [6, 6.07) is 30.7.